The monoisotopic (exact) mass is 317 g/mol. The predicted octanol–water partition coefficient (Wildman–Crippen LogP) is 2.88. The fourth-order valence-electron chi connectivity index (χ4n) is 5.26. The fourth-order valence-corrected chi connectivity index (χ4v) is 5.26. The van der Waals surface area contributed by atoms with Gasteiger partial charge in [0.2, 0.25) is 0 Å². The zero-order valence-corrected chi connectivity index (χ0v) is 13.9. The van der Waals surface area contributed by atoms with E-state index < -0.39 is 0 Å². The third-order valence-corrected chi connectivity index (χ3v) is 6.31. The third-order valence-electron chi connectivity index (χ3n) is 6.31. The summed E-state index contributed by atoms with van der Waals surface area (Å²) in [5, 5.41) is 13.5. The third kappa shape index (κ3) is 2.43. The van der Waals surface area contributed by atoms with Gasteiger partial charge < -0.3 is 19.9 Å². The second-order valence-corrected chi connectivity index (χ2v) is 7.37. The molecule has 2 N–H and O–H groups in total. The number of ether oxygens (including phenoxy) is 2. The van der Waals surface area contributed by atoms with Crippen LogP contribution in [0.25, 0.3) is 0 Å². The van der Waals surface area contributed by atoms with Gasteiger partial charge in [0, 0.05) is 24.0 Å². The van der Waals surface area contributed by atoms with Gasteiger partial charge in [-0.3, -0.25) is 0 Å². The summed E-state index contributed by atoms with van der Waals surface area (Å²) in [7, 11) is 1.59. The van der Waals surface area contributed by atoms with Gasteiger partial charge in [0.1, 0.15) is 0 Å². The number of hydrogen-bond acceptors (Lipinski definition) is 4. The second kappa shape index (κ2) is 5.99. The van der Waals surface area contributed by atoms with Crippen molar-refractivity contribution in [2.45, 2.75) is 50.7 Å². The van der Waals surface area contributed by atoms with Gasteiger partial charge in [-0.05, 0) is 49.9 Å². The molecule has 3 aliphatic rings. The van der Waals surface area contributed by atoms with Crippen LogP contribution in [0.2, 0.25) is 0 Å². The van der Waals surface area contributed by atoms with Crippen molar-refractivity contribution in [2.24, 2.45) is 11.3 Å². The Bertz CT molecular complexity index is 568. The molecule has 1 aromatic rings. The van der Waals surface area contributed by atoms with E-state index in [4.69, 9.17) is 9.47 Å². The van der Waals surface area contributed by atoms with E-state index in [9.17, 15) is 5.11 Å². The first-order valence-corrected chi connectivity index (χ1v) is 8.95. The number of fused-ring (bicyclic) bond motifs is 2. The van der Waals surface area contributed by atoms with Crippen molar-refractivity contribution in [3.8, 4) is 11.5 Å². The molecule has 4 rings (SSSR count). The molecule has 4 heteroatoms. The lowest BCUT2D eigenvalue weighted by molar-refractivity contribution is -0.130. The van der Waals surface area contributed by atoms with Gasteiger partial charge in [0.15, 0.2) is 11.5 Å². The van der Waals surface area contributed by atoms with Gasteiger partial charge in [-0.25, -0.2) is 0 Å². The van der Waals surface area contributed by atoms with Crippen LogP contribution in [-0.2, 0) is 11.2 Å². The second-order valence-electron chi connectivity index (χ2n) is 7.37. The fraction of sp³-hybridized carbons (Fsp3) is 0.684. The molecule has 3 fully saturated rings. The van der Waals surface area contributed by atoms with Crippen molar-refractivity contribution in [1.29, 1.82) is 0 Å². The molecule has 2 aliphatic carbocycles. The minimum atomic E-state index is 0.207. The zero-order chi connectivity index (χ0) is 15.9. The van der Waals surface area contributed by atoms with Crippen molar-refractivity contribution < 1.29 is 14.6 Å². The van der Waals surface area contributed by atoms with Crippen LogP contribution >= 0.6 is 0 Å². The molecule has 0 unspecified atom stereocenters. The van der Waals surface area contributed by atoms with E-state index in [1.807, 2.05) is 12.1 Å². The molecule has 23 heavy (non-hydrogen) atoms. The Kier molecular flexibility index (Phi) is 3.98. The van der Waals surface area contributed by atoms with Crippen molar-refractivity contribution in [2.75, 3.05) is 20.3 Å². The summed E-state index contributed by atoms with van der Waals surface area (Å²) in [6.45, 7) is 1.92. The highest BCUT2D eigenvalue weighted by Gasteiger charge is 2.64. The molecule has 1 heterocycles. The SMILES string of the molecule is COc1cc(CCN[C@@H]2[C@@H]3CCO[C@H]3C23CCCC3)ccc1O. The molecule has 126 valence electrons. The van der Waals surface area contributed by atoms with Crippen LogP contribution in [0.15, 0.2) is 18.2 Å². The Morgan fingerprint density at radius 1 is 1.35 bits per heavy atom. The highest BCUT2D eigenvalue weighted by atomic mass is 16.5. The van der Waals surface area contributed by atoms with E-state index in [1.165, 1.54) is 37.7 Å². The summed E-state index contributed by atoms with van der Waals surface area (Å²) in [4.78, 5) is 0. The zero-order valence-electron chi connectivity index (χ0n) is 13.9. The highest BCUT2D eigenvalue weighted by molar-refractivity contribution is 5.41. The predicted molar refractivity (Wildman–Crippen MR) is 88.9 cm³/mol. The van der Waals surface area contributed by atoms with Crippen molar-refractivity contribution in [3.63, 3.8) is 0 Å². The van der Waals surface area contributed by atoms with E-state index in [0.717, 1.165) is 25.5 Å². The molecular weight excluding hydrogens is 290 g/mol. The van der Waals surface area contributed by atoms with Gasteiger partial charge in [-0.1, -0.05) is 18.9 Å². The Morgan fingerprint density at radius 2 is 2.17 bits per heavy atom. The average Bonchev–Trinajstić information content (AvgIpc) is 3.21. The largest absolute Gasteiger partial charge is 0.504 e. The minimum Gasteiger partial charge on any atom is -0.504 e. The lowest BCUT2D eigenvalue weighted by Gasteiger charge is -2.57. The first kappa shape index (κ1) is 15.3. The van der Waals surface area contributed by atoms with Gasteiger partial charge in [-0.15, -0.1) is 0 Å². The van der Waals surface area contributed by atoms with Crippen LogP contribution in [0.1, 0.15) is 37.7 Å². The number of methoxy groups -OCH3 is 1. The number of hydrogen-bond donors (Lipinski definition) is 2. The van der Waals surface area contributed by atoms with Gasteiger partial charge in [0.25, 0.3) is 0 Å². The Morgan fingerprint density at radius 3 is 2.96 bits per heavy atom. The number of phenolic OH excluding ortho intramolecular Hbond substituents is 1. The molecule has 1 aromatic carbocycles. The Balaban J connectivity index is 1.37. The maximum atomic E-state index is 9.68. The number of aromatic hydroxyl groups is 1. The molecule has 0 amide bonds. The number of phenols is 1. The molecule has 0 radical (unpaired) electrons. The molecule has 0 bridgehead atoms. The lowest BCUT2D eigenvalue weighted by Crippen LogP contribution is -2.67. The number of nitrogens with one attached hydrogen (secondary N) is 1. The van der Waals surface area contributed by atoms with Crippen LogP contribution in [-0.4, -0.2) is 37.5 Å². The molecule has 1 spiro atoms. The van der Waals surface area contributed by atoms with Crippen LogP contribution in [0.5, 0.6) is 11.5 Å². The lowest BCUT2D eigenvalue weighted by atomic mass is 9.54. The van der Waals surface area contributed by atoms with Gasteiger partial charge in [0.05, 0.1) is 13.2 Å². The van der Waals surface area contributed by atoms with Crippen molar-refractivity contribution >= 4 is 0 Å². The maximum absolute atomic E-state index is 9.68. The first-order chi connectivity index (χ1) is 11.2. The van der Waals surface area contributed by atoms with Crippen molar-refractivity contribution in [1.82, 2.24) is 5.32 Å². The first-order valence-electron chi connectivity index (χ1n) is 8.95. The minimum absolute atomic E-state index is 0.207. The molecule has 4 nitrogen and oxygen atoms in total. The van der Waals surface area contributed by atoms with Crippen molar-refractivity contribution in [3.05, 3.63) is 23.8 Å². The topological polar surface area (TPSA) is 50.7 Å². The van der Waals surface area contributed by atoms with E-state index in [-0.39, 0.29) is 5.75 Å². The van der Waals surface area contributed by atoms with E-state index >= 15 is 0 Å². The van der Waals surface area contributed by atoms with E-state index in [1.54, 1.807) is 13.2 Å². The summed E-state index contributed by atoms with van der Waals surface area (Å²) < 4.78 is 11.2. The molecular formula is C19H27NO3. The van der Waals surface area contributed by atoms with E-state index in [0.29, 0.717) is 23.3 Å². The average molecular weight is 317 g/mol. The molecule has 1 saturated heterocycles. The molecule has 1 aliphatic heterocycles. The highest BCUT2D eigenvalue weighted by Crippen LogP contribution is 2.60. The summed E-state index contributed by atoms with van der Waals surface area (Å²) >= 11 is 0. The summed E-state index contributed by atoms with van der Waals surface area (Å²) in [6, 6.07) is 6.27. The summed E-state index contributed by atoms with van der Waals surface area (Å²) in [5.74, 6) is 1.49. The smallest absolute Gasteiger partial charge is 0.160 e. The van der Waals surface area contributed by atoms with Gasteiger partial charge >= 0.3 is 0 Å². The quantitative estimate of drug-likeness (QED) is 0.877. The van der Waals surface area contributed by atoms with Crippen LogP contribution in [0.4, 0.5) is 0 Å². The Hall–Kier alpha value is -1.26. The maximum Gasteiger partial charge on any atom is 0.160 e. The summed E-state index contributed by atoms with van der Waals surface area (Å²) in [6.07, 6.45) is 8.09. The number of rotatable bonds is 5. The normalized spacial score (nSPS) is 31.1. The standard InChI is InChI=1S/C19H27NO3/c1-22-16-12-13(4-5-15(16)21)6-10-20-17-14-7-11-23-18(14)19(17)8-2-3-9-19/h4-5,12,14,17-18,20-21H,2-3,6-11H2,1H3/t14-,17+,18+/m0/s1. The van der Waals surface area contributed by atoms with Crippen LogP contribution in [0, 0.1) is 11.3 Å². The molecule has 3 atom stereocenters. The van der Waals surface area contributed by atoms with Gasteiger partial charge in [-0.2, -0.15) is 0 Å². The van der Waals surface area contributed by atoms with Crippen LogP contribution < -0.4 is 10.1 Å². The summed E-state index contributed by atoms with van der Waals surface area (Å²) in [5.41, 5.74) is 1.62. The number of benzene rings is 1. The molecule has 2 saturated carbocycles. The Labute approximate surface area is 138 Å². The van der Waals surface area contributed by atoms with Crippen LogP contribution in [0.3, 0.4) is 0 Å². The molecule has 0 aromatic heterocycles. The van der Waals surface area contributed by atoms with E-state index in [2.05, 4.69) is 5.32 Å².